The summed E-state index contributed by atoms with van der Waals surface area (Å²) >= 11 is 0. The first-order valence-corrected chi connectivity index (χ1v) is 5.78. The number of anilines is 3. The van der Waals surface area contributed by atoms with Crippen molar-refractivity contribution in [1.29, 1.82) is 0 Å². The lowest BCUT2D eigenvalue weighted by Gasteiger charge is -2.16. The Morgan fingerprint density at radius 2 is 1.75 bits per heavy atom. The number of nitrogens with two attached hydrogens (primary N) is 1. The first-order chi connectivity index (χ1) is 9.41. The molecule has 20 heavy (non-hydrogen) atoms. The topological polar surface area (TPSA) is 47.3 Å². The van der Waals surface area contributed by atoms with Gasteiger partial charge in [0.1, 0.15) is 5.75 Å². The highest BCUT2D eigenvalue weighted by Crippen LogP contribution is 2.37. The zero-order valence-corrected chi connectivity index (χ0v) is 10.7. The van der Waals surface area contributed by atoms with Crippen LogP contribution in [-0.4, -0.2) is 7.11 Å². The Hall–Kier alpha value is -2.37. The molecule has 0 saturated heterocycles. The fourth-order valence-corrected chi connectivity index (χ4v) is 1.76. The lowest BCUT2D eigenvalue weighted by atomic mass is 10.1. The normalized spacial score (nSPS) is 11.2. The average molecular weight is 282 g/mol. The molecule has 2 aromatic rings. The molecule has 3 nitrogen and oxygen atoms in total. The molecule has 0 aliphatic rings. The molecule has 0 aliphatic heterocycles. The number of hydrogen-bond donors (Lipinski definition) is 2. The van der Waals surface area contributed by atoms with E-state index in [1.54, 1.807) is 18.2 Å². The summed E-state index contributed by atoms with van der Waals surface area (Å²) in [5.41, 5.74) is 5.65. The van der Waals surface area contributed by atoms with Crippen LogP contribution in [0.3, 0.4) is 0 Å². The molecule has 0 fully saturated rings. The molecular weight excluding hydrogens is 269 g/mol. The van der Waals surface area contributed by atoms with Gasteiger partial charge in [-0.3, -0.25) is 0 Å². The number of para-hydroxylation sites is 1. The number of hydrogen-bond acceptors (Lipinski definition) is 3. The van der Waals surface area contributed by atoms with Crippen LogP contribution in [0.4, 0.5) is 30.2 Å². The van der Waals surface area contributed by atoms with Crippen molar-refractivity contribution in [2.75, 3.05) is 18.2 Å². The molecule has 2 aromatic carbocycles. The summed E-state index contributed by atoms with van der Waals surface area (Å²) in [6, 6.07) is 9.97. The summed E-state index contributed by atoms with van der Waals surface area (Å²) in [6.07, 6.45) is -4.43. The van der Waals surface area contributed by atoms with Crippen LogP contribution < -0.4 is 15.8 Å². The third-order valence-corrected chi connectivity index (χ3v) is 2.76. The van der Waals surface area contributed by atoms with E-state index in [0.29, 0.717) is 17.1 Å². The van der Waals surface area contributed by atoms with Crippen molar-refractivity contribution in [3.63, 3.8) is 0 Å². The van der Waals surface area contributed by atoms with Gasteiger partial charge in [-0.25, -0.2) is 0 Å². The number of rotatable bonds is 3. The van der Waals surface area contributed by atoms with Crippen LogP contribution >= 0.6 is 0 Å². The lowest BCUT2D eigenvalue weighted by molar-refractivity contribution is -0.136. The van der Waals surface area contributed by atoms with Crippen LogP contribution in [0.25, 0.3) is 0 Å². The Kier molecular flexibility index (Phi) is 3.74. The molecule has 0 aromatic heterocycles. The van der Waals surface area contributed by atoms with Gasteiger partial charge in [-0.15, -0.1) is 0 Å². The molecule has 3 N–H and O–H groups in total. The van der Waals surface area contributed by atoms with Gasteiger partial charge in [0.25, 0.3) is 0 Å². The molecule has 0 radical (unpaired) electrons. The molecule has 0 heterocycles. The van der Waals surface area contributed by atoms with Crippen LogP contribution in [0.15, 0.2) is 42.5 Å². The van der Waals surface area contributed by atoms with Gasteiger partial charge in [0.2, 0.25) is 0 Å². The molecule has 6 heteroatoms. The maximum absolute atomic E-state index is 12.9. The van der Waals surface area contributed by atoms with Crippen LogP contribution in [-0.2, 0) is 6.18 Å². The molecule has 0 aliphatic carbocycles. The number of ether oxygens (including phenoxy) is 1. The minimum absolute atomic E-state index is 0.0556. The number of nitrogen functional groups attached to an aromatic ring is 1. The van der Waals surface area contributed by atoms with Crippen molar-refractivity contribution in [1.82, 2.24) is 0 Å². The fraction of sp³-hybridized carbons (Fsp3) is 0.143. The number of halogens is 3. The molecule has 2 rings (SSSR count). The maximum atomic E-state index is 12.9. The highest BCUT2D eigenvalue weighted by Gasteiger charge is 2.33. The van der Waals surface area contributed by atoms with E-state index in [4.69, 9.17) is 10.5 Å². The van der Waals surface area contributed by atoms with Gasteiger partial charge >= 0.3 is 6.18 Å². The number of alkyl halides is 3. The Morgan fingerprint density at radius 1 is 1.05 bits per heavy atom. The van der Waals surface area contributed by atoms with E-state index in [2.05, 4.69) is 5.32 Å². The van der Waals surface area contributed by atoms with Gasteiger partial charge in [-0.2, -0.15) is 13.2 Å². The molecular formula is C14H13F3N2O. The second-order valence-corrected chi connectivity index (χ2v) is 4.12. The number of methoxy groups -OCH3 is 1. The average Bonchev–Trinajstić information content (AvgIpc) is 2.41. The third-order valence-electron chi connectivity index (χ3n) is 2.76. The molecule has 0 spiro atoms. The lowest BCUT2D eigenvalue weighted by Crippen LogP contribution is -2.09. The molecule has 0 bridgehead atoms. The third kappa shape index (κ3) is 2.96. The SMILES string of the molecule is COc1ccc(N)c(Nc2ccccc2C(F)(F)F)c1. The van der Waals surface area contributed by atoms with E-state index in [1.165, 1.54) is 25.3 Å². The Balaban J connectivity index is 2.40. The smallest absolute Gasteiger partial charge is 0.418 e. The largest absolute Gasteiger partial charge is 0.497 e. The standard InChI is InChI=1S/C14H13F3N2O/c1-20-9-6-7-11(18)13(8-9)19-12-5-3-2-4-10(12)14(15,16)17/h2-8,19H,18H2,1H3. The van der Waals surface area contributed by atoms with Gasteiger partial charge in [0, 0.05) is 6.07 Å². The molecule has 0 atom stereocenters. The minimum Gasteiger partial charge on any atom is -0.497 e. The fourth-order valence-electron chi connectivity index (χ4n) is 1.76. The van der Waals surface area contributed by atoms with Crippen molar-refractivity contribution < 1.29 is 17.9 Å². The van der Waals surface area contributed by atoms with Crippen LogP contribution in [0.5, 0.6) is 5.75 Å². The minimum atomic E-state index is -4.43. The van der Waals surface area contributed by atoms with Crippen molar-refractivity contribution >= 4 is 17.1 Å². The van der Waals surface area contributed by atoms with E-state index in [0.717, 1.165) is 6.07 Å². The second-order valence-electron chi connectivity index (χ2n) is 4.12. The quantitative estimate of drug-likeness (QED) is 0.835. The van der Waals surface area contributed by atoms with Crippen LogP contribution in [0.2, 0.25) is 0 Å². The van der Waals surface area contributed by atoms with Gasteiger partial charge in [-0.1, -0.05) is 12.1 Å². The Bertz CT molecular complexity index is 612. The van der Waals surface area contributed by atoms with Crippen LogP contribution in [0, 0.1) is 0 Å². The number of benzene rings is 2. The predicted octanol–water partition coefficient (Wildman–Crippen LogP) is 4.04. The predicted molar refractivity (Wildman–Crippen MR) is 72.1 cm³/mol. The van der Waals surface area contributed by atoms with E-state index in [-0.39, 0.29) is 5.69 Å². The Morgan fingerprint density at radius 3 is 2.40 bits per heavy atom. The summed E-state index contributed by atoms with van der Waals surface area (Å²) in [7, 11) is 1.47. The summed E-state index contributed by atoms with van der Waals surface area (Å²) in [5.74, 6) is 0.506. The number of nitrogens with one attached hydrogen (secondary N) is 1. The summed E-state index contributed by atoms with van der Waals surface area (Å²) in [4.78, 5) is 0. The van der Waals surface area contributed by atoms with E-state index in [1.807, 2.05) is 0 Å². The molecule has 0 unspecified atom stereocenters. The van der Waals surface area contributed by atoms with Crippen molar-refractivity contribution in [3.8, 4) is 5.75 Å². The zero-order chi connectivity index (χ0) is 14.8. The monoisotopic (exact) mass is 282 g/mol. The Labute approximate surface area is 114 Å². The van der Waals surface area contributed by atoms with Gasteiger partial charge in [-0.05, 0) is 24.3 Å². The van der Waals surface area contributed by atoms with Crippen molar-refractivity contribution in [2.45, 2.75) is 6.18 Å². The second kappa shape index (κ2) is 5.32. The highest BCUT2D eigenvalue weighted by molar-refractivity contribution is 5.75. The van der Waals surface area contributed by atoms with Gasteiger partial charge < -0.3 is 15.8 Å². The first-order valence-electron chi connectivity index (χ1n) is 5.78. The van der Waals surface area contributed by atoms with E-state index >= 15 is 0 Å². The zero-order valence-electron chi connectivity index (χ0n) is 10.7. The van der Waals surface area contributed by atoms with E-state index in [9.17, 15) is 13.2 Å². The summed E-state index contributed by atoms with van der Waals surface area (Å²) in [5, 5.41) is 2.70. The van der Waals surface area contributed by atoms with Crippen molar-refractivity contribution in [3.05, 3.63) is 48.0 Å². The highest BCUT2D eigenvalue weighted by atomic mass is 19.4. The van der Waals surface area contributed by atoms with Crippen LogP contribution in [0.1, 0.15) is 5.56 Å². The summed E-state index contributed by atoms with van der Waals surface area (Å²) in [6.45, 7) is 0. The van der Waals surface area contributed by atoms with E-state index < -0.39 is 11.7 Å². The summed E-state index contributed by atoms with van der Waals surface area (Å²) < 4.78 is 43.7. The molecule has 0 saturated carbocycles. The van der Waals surface area contributed by atoms with Crippen molar-refractivity contribution in [2.24, 2.45) is 0 Å². The van der Waals surface area contributed by atoms with Gasteiger partial charge in [0.05, 0.1) is 29.7 Å². The maximum Gasteiger partial charge on any atom is 0.418 e. The molecule has 0 amide bonds. The van der Waals surface area contributed by atoms with Gasteiger partial charge in [0.15, 0.2) is 0 Å². The first kappa shape index (κ1) is 14.0. The molecule has 106 valence electrons.